The van der Waals surface area contributed by atoms with Gasteiger partial charge in [0.1, 0.15) is 18.2 Å². The average Bonchev–Trinajstić information content (AvgIpc) is 3.26. The number of allylic oxidation sites excluding steroid dienone is 7. The summed E-state index contributed by atoms with van der Waals surface area (Å²) >= 11 is 0. The van der Waals surface area contributed by atoms with Gasteiger partial charge in [0.2, 0.25) is 5.79 Å². The van der Waals surface area contributed by atoms with Crippen LogP contribution in [0.4, 0.5) is 0 Å². The Morgan fingerprint density at radius 2 is 1.58 bits per heavy atom. The van der Waals surface area contributed by atoms with Gasteiger partial charge in [-0.1, -0.05) is 83.6 Å². The molecule has 0 radical (unpaired) electrons. The van der Waals surface area contributed by atoms with Gasteiger partial charge in [0.25, 0.3) is 11.7 Å². The van der Waals surface area contributed by atoms with Crippen LogP contribution >= 0.6 is 0 Å². The van der Waals surface area contributed by atoms with Gasteiger partial charge in [-0.2, -0.15) is 0 Å². The van der Waals surface area contributed by atoms with Crippen LogP contribution in [-0.2, 0) is 42.9 Å². The fourth-order valence-corrected chi connectivity index (χ4v) is 10.1. The molecule has 3 fully saturated rings. The SMILES string of the molecule is CO[C@@H]1C[C@H](C[C@@H](C)[C@@H]2CC(=O)C(C)=CC(C)[C@@H](O)[C@@H](OC)C(=O)[C@H](C)CC(C)C=CC=CC=C(C)[C@@H](C)C[C@@H]3CC[C@@H](C)[C@@](O)(O3)C(=O)C(=O)N3CCCC[C@H]3C(=O)O2)CC[C@H]1O. The highest BCUT2D eigenvalue weighted by Gasteiger charge is 2.53. The number of hydrogen-bond acceptors (Lipinski definition) is 12. The number of piperidine rings is 1. The van der Waals surface area contributed by atoms with Gasteiger partial charge < -0.3 is 39.2 Å². The molecule has 2 unspecified atom stereocenters. The molecule has 0 aromatic heterocycles. The number of ether oxygens (including phenoxy) is 4. The van der Waals surface area contributed by atoms with Gasteiger partial charge in [0.05, 0.1) is 24.4 Å². The number of cyclic esters (lactones) is 1. The van der Waals surface area contributed by atoms with E-state index < -0.39 is 77.8 Å². The molecule has 1 amide bonds. The third kappa shape index (κ3) is 13.9. The summed E-state index contributed by atoms with van der Waals surface area (Å²) in [6.45, 7) is 15.0. The molecule has 4 aliphatic rings. The number of carbonyl (C=O) groups is 5. The molecule has 1 saturated carbocycles. The summed E-state index contributed by atoms with van der Waals surface area (Å²) in [6, 6.07) is -1.12. The van der Waals surface area contributed by atoms with Crippen LogP contribution in [0, 0.1) is 41.4 Å². The molecule has 360 valence electrons. The average molecular weight is 898 g/mol. The van der Waals surface area contributed by atoms with E-state index in [4.69, 9.17) is 18.9 Å². The lowest BCUT2D eigenvalue weighted by atomic mass is 9.78. The number of ketones is 3. The molecule has 3 heterocycles. The summed E-state index contributed by atoms with van der Waals surface area (Å²) in [5, 5.41) is 33.8. The summed E-state index contributed by atoms with van der Waals surface area (Å²) in [5.41, 5.74) is 1.39. The highest BCUT2D eigenvalue weighted by atomic mass is 16.6. The molecule has 0 spiro atoms. The monoisotopic (exact) mass is 898 g/mol. The number of aliphatic hydroxyl groups excluding tert-OH is 2. The second-order valence-electron chi connectivity index (χ2n) is 19.8. The van der Waals surface area contributed by atoms with Gasteiger partial charge in [-0.3, -0.25) is 19.2 Å². The number of amides is 1. The summed E-state index contributed by atoms with van der Waals surface area (Å²) in [5.74, 6) is -7.64. The maximum Gasteiger partial charge on any atom is 0.329 e. The Hall–Kier alpha value is -3.33. The molecule has 15 atom stereocenters. The van der Waals surface area contributed by atoms with Crippen molar-refractivity contribution in [3.05, 3.63) is 47.6 Å². The smallest absolute Gasteiger partial charge is 0.329 e. The van der Waals surface area contributed by atoms with E-state index in [1.165, 1.54) is 12.0 Å². The number of aliphatic hydroxyl groups is 3. The third-order valence-electron chi connectivity index (χ3n) is 14.6. The highest BCUT2D eigenvalue weighted by Crippen LogP contribution is 2.38. The van der Waals surface area contributed by atoms with Crippen LogP contribution < -0.4 is 0 Å². The molecular weight excluding hydrogens is 819 g/mol. The fraction of sp³-hybridized carbons (Fsp3) is 0.745. The fourth-order valence-electron chi connectivity index (χ4n) is 10.1. The van der Waals surface area contributed by atoms with Crippen LogP contribution in [0.25, 0.3) is 0 Å². The predicted octanol–water partition coefficient (Wildman–Crippen LogP) is 6.80. The summed E-state index contributed by atoms with van der Waals surface area (Å²) in [4.78, 5) is 71.6. The number of Topliss-reactive ketones (excluding diaryl/α,β-unsaturated/α-hetero) is 3. The standard InChI is InChI=1S/C51H79NO12/c1-30-16-12-11-13-17-31(2)32(3)27-39-21-19-37(8)51(60,64-39)48(57)49(58)52-23-15-14-18-40(52)50(59)63-43(34(5)26-38-20-22-41(53)44(28-38)61-9)29-42(54)33(4)25-36(7)46(56)47(62-10)45(55)35(6)24-30/h11-13,16-17,25,30,32,34-41,43-44,46-47,53,56,60H,14-15,18-24,26-29H2,1-10H3/t30?,32-,34+,35+,36?,37+,38-,39-,40-,41+,43-,44+,46+,47-,51+/m0/s1. The van der Waals surface area contributed by atoms with E-state index in [0.717, 1.165) is 12.0 Å². The second-order valence-corrected chi connectivity index (χ2v) is 19.8. The molecule has 13 nitrogen and oxygen atoms in total. The largest absolute Gasteiger partial charge is 0.460 e. The molecule has 0 aromatic carbocycles. The van der Waals surface area contributed by atoms with E-state index in [1.807, 2.05) is 65.0 Å². The Labute approximate surface area is 382 Å². The van der Waals surface area contributed by atoms with Crippen LogP contribution in [0.5, 0.6) is 0 Å². The number of carbonyl (C=O) groups excluding carboxylic acids is 5. The minimum atomic E-state index is -2.37. The van der Waals surface area contributed by atoms with E-state index in [-0.39, 0.29) is 60.7 Å². The summed E-state index contributed by atoms with van der Waals surface area (Å²) < 4.78 is 23.6. The first-order chi connectivity index (χ1) is 30.2. The molecule has 0 aromatic rings. The van der Waals surface area contributed by atoms with Gasteiger partial charge in [0.15, 0.2) is 11.6 Å². The van der Waals surface area contributed by atoms with E-state index in [9.17, 15) is 39.3 Å². The molecule has 64 heavy (non-hydrogen) atoms. The molecule has 3 aliphatic heterocycles. The third-order valence-corrected chi connectivity index (χ3v) is 14.6. The lowest BCUT2D eigenvalue weighted by Crippen LogP contribution is -2.60. The highest BCUT2D eigenvalue weighted by molar-refractivity contribution is 6.39. The maximum absolute atomic E-state index is 14.3. The van der Waals surface area contributed by atoms with Crippen LogP contribution in [0.2, 0.25) is 0 Å². The molecule has 1 aliphatic carbocycles. The zero-order valence-corrected chi connectivity index (χ0v) is 40.2. The first kappa shape index (κ1) is 53.3. The van der Waals surface area contributed by atoms with Crippen molar-refractivity contribution in [1.82, 2.24) is 4.90 Å². The number of methoxy groups -OCH3 is 2. The van der Waals surface area contributed by atoms with E-state index in [1.54, 1.807) is 34.0 Å². The Morgan fingerprint density at radius 1 is 0.859 bits per heavy atom. The van der Waals surface area contributed by atoms with Crippen LogP contribution in [0.3, 0.4) is 0 Å². The number of esters is 1. The maximum atomic E-state index is 14.3. The van der Waals surface area contributed by atoms with Gasteiger partial charge in [-0.15, -0.1) is 0 Å². The van der Waals surface area contributed by atoms with E-state index in [0.29, 0.717) is 63.4 Å². The Bertz CT molecular complexity index is 1740. The van der Waals surface area contributed by atoms with Crippen LogP contribution in [0.1, 0.15) is 132 Å². The van der Waals surface area contributed by atoms with E-state index >= 15 is 0 Å². The lowest BCUT2D eigenvalue weighted by Gasteiger charge is -2.42. The Kier molecular flexibility index (Phi) is 20.4. The van der Waals surface area contributed by atoms with Crippen molar-refractivity contribution in [3.8, 4) is 0 Å². The van der Waals surface area contributed by atoms with Gasteiger partial charge >= 0.3 is 5.97 Å². The van der Waals surface area contributed by atoms with Gasteiger partial charge in [0, 0.05) is 44.9 Å². The van der Waals surface area contributed by atoms with Gasteiger partial charge in [-0.25, -0.2) is 4.79 Å². The summed E-state index contributed by atoms with van der Waals surface area (Å²) in [7, 11) is 2.96. The Balaban J connectivity index is 1.69. The van der Waals surface area contributed by atoms with Crippen molar-refractivity contribution in [3.63, 3.8) is 0 Å². The first-order valence-corrected chi connectivity index (χ1v) is 23.9. The minimum Gasteiger partial charge on any atom is -0.460 e. The molecule has 13 heteroatoms. The van der Waals surface area contributed by atoms with Crippen LogP contribution in [-0.4, -0.2) is 119 Å². The predicted molar refractivity (Wildman–Crippen MR) is 244 cm³/mol. The minimum absolute atomic E-state index is 0.0317. The quantitative estimate of drug-likeness (QED) is 0.194. The first-order valence-electron chi connectivity index (χ1n) is 23.9. The van der Waals surface area contributed by atoms with E-state index in [2.05, 4.69) is 0 Å². The lowest BCUT2D eigenvalue weighted by molar-refractivity contribution is -0.264. The van der Waals surface area contributed by atoms with Crippen molar-refractivity contribution < 1.29 is 58.2 Å². The molecule has 3 N–H and O–H groups in total. The van der Waals surface area contributed by atoms with Gasteiger partial charge in [-0.05, 0) is 114 Å². The number of fused-ring (bicyclic) bond motifs is 3. The zero-order chi connectivity index (χ0) is 47.5. The van der Waals surface area contributed by atoms with Crippen LogP contribution in [0.15, 0.2) is 47.6 Å². The number of nitrogens with zero attached hydrogens (tertiary/aromatic N) is 1. The normalized spacial score (nSPS) is 38.2. The Morgan fingerprint density at radius 3 is 2.27 bits per heavy atom. The molecule has 2 bridgehead atoms. The van der Waals surface area contributed by atoms with Crippen molar-refractivity contribution in [2.75, 3.05) is 20.8 Å². The molecular formula is C51H79NO12. The molecule has 2 saturated heterocycles. The second kappa shape index (κ2) is 24.4. The van der Waals surface area contributed by atoms with Crippen molar-refractivity contribution in [2.24, 2.45) is 41.4 Å². The van der Waals surface area contributed by atoms with Crippen molar-refractivity contribution in [2.45, 2.75) is 181 Å². The van der Waals surface area contributed by atoms with Crippen molar-refractivity contribution in [1.29, 1.82) is 0 Å². The zero-order valence-electron chi connectivity index (χ0n) is 40.2. The number of rotatable bonds is 5. The van der Waals surface area contributed by atoms with Crippen molar-refractivity contribution >= 4 is 29.2 Å². The number of hydrogen-bond donors (Lipinski definition) is 3. The molecule has 4 rings (SSSR count). The topological polar surface area (TPSA) is 186 Å². The summed E-state index contributed by atoms with van der Waals surface area (Å²) in [6.07, 6.45) is 12.5.